The van der Waals surface area contributed by atoms with Crippen molar-refractivity contribution in [2.75, 3.05) is 14.2 Å². The molecule has 0 fully saturated rings. The van der Waals surface area contributed by atoms with Gasteiger partial charge in [0.15, 0.2) is 11.5 Å². The highest BCUT2D eigenvalue weighted by atomic mass is 35.5. The zero-order valence-electron chi connectivity index (χ0n) is 15.3. The number of hydrogen-bond acceptors (Lipinski definition) is 5. The summed E-state index contributed by atoms with van der Waals surface area (Å²) in [6, 6.07) is 13.1. The Kier molecular flexibility index (Phi) is 5.07. The Balaban J connectivity index is 1.83. The van der Waals surface area contributed by atoms with Crippen molar-refractivity contribution in [3.05, 3.63) is 75.1 Å². The molecule has 0 aliphatic carbocycles. The Hall–Kier alpha value is -2.83. The van der Waals surface area contributed by atoms with Gasteiger partial charge in [-0.3, -0.25) is 9.36 Å². The second-order valence-electron chi connectivity index (χ2n) is 6.17. The molecule has 0 N–H and O–H groups in total. The maximum atomic E-state index is 13.2. The molecule has 28 heavy (non-hydrogen) atoms. The topological polar surface area (TPSA) is 53.4 Å². The van der Waals surface area contributed by atoms with Crippen LogP contribution in [0.2, 0.25) is 5.02 Å². The highest BCUT2D eigenvalue weighted by Gasteiger charge is 2.15. The fraction of sp³-hybridized carbons (Fsp3) is 0.143. The molecule has 0 spiro atoms. The SMILES string of the molecule is COc1ccc(-c2csc3ncn(Cc4ccccc4Cl)c(=O)c23)cc1OC. The van der Waals surface area contributed by atoms with Crippen molar-refractivity contribution in [1.29, 1.82) is 0 Å². The number of nitrogens with zero attached hydrogens (tertiary/aromatic N) is 2. The van der Waals surface area contributed by atoms with Gasteiger partial charge in [0.05, 0.1) is 32.5 Å². The lowest BCUT2D eigenvalue weighted by Gasteiger charge is -2.10. The van der Waals surface area contributed by atoms with Crippen molar-refractivity contribution in [2.45, 2.75) is 6.54 Å². The van der Waals surface area contributed by atoms with Gasteiger partial charge in [0.25, 0.3) is 5.56 Å². The van der Waals surface area contributed by atoms with E-state index in [1.807, 2.05) is 47.8 Å². The van der Waals surface area contributed by atoms with Crippen LogP contribution in [0.3, 0.4) is 0 Å². The lowest BCUT2D eigenvalue weighted by molar-refractivity contribution is 0.355. The summed E-state index contributed by atoms with van der Waals surface area (Å²) in [5.74, 6) is 1.25. The minimum atomic E-state index is -0.101. The van der Waals surface area contributed by atoms with Crippen molar-refractivity contribution in [2.24, 2.45) is 0 Å². The van der Waals surface area contributed by atoms with E-state index in [0.717, 1.165) is 16.7 Å². The summed E-state index contributed by atoms with van der Waals surface area (Å²) in [4.78, 5) is 18.4. The molecule has 0 saturated heterocycles. The Bertz CT molecular complexity index is 1220. The summed E-state index contributed by atoms with van der Waals surface area (Å²) in [6.07, 6.45) is 1.57. The van der Waals surface area contributed by atoms with E-state index in [9.17, 15) is 4.79 Å². The van der Waals surface area contributed by atoms with Crippen LogP contribution in [0.15, 0.2) is 59.0 Å². The monoisotopic (exact) mass is 412 g/mol. The van der Waals surface area contributed by atoms with E-state index in [1.165, 1.54) is 11.3 Å². The number of fused-ring (bicyclic) bond motifs is 1. The Labute approximate surface area is 170 Å². The molecule has 0 aliphatic rings. The second kappa shape index (κ2) is 7.66. The van der Waals surface area contributed by atoms with Gasteiger partial charge in [0, 0.05) is 16.0 Å². The molecule has 5 nitrogen and oxygen atoms in total. The number of methoxy groups -OCH3 is 2. The number of halogens is 1. The van der Waals surface area contributed by atoms with Gasteiger partial charge in [0.1, 0.15) is 4.83 Å². The van der Waals surface area contributed by atoms with Crippen LogP contribution >= 0.6 is 22.9 Å². The first kappa shape index (κ1) is 18.5. The number of ether oxygens (including phenoxy) is 2. The van der Waals surface area contributed by atoms with E-state index < -0.39 is 0 Å². The third kappa shape index (κ3) is 3.25. The molecule has 2 heterocycles. The molecule has 7 heteroatoms. The zero-order chi connectivity index (χ0) is 19.7. The van der Waals surface area contributed by atoms with Crippen LogP contribution in [0.1, 0.15) is 5.56 Å². The molecule has 4 aromatic rings. The lowest BCUT2D eigenvalue weighted by atomic mass is 10.1. The van der Waals surface area contributed by atoms with Crippen LogP contribution in [0, 0.1) is 0 Å². The standard InChI is InChI=1S/C21H17ClN2O3S/c1-26-17-8-7-13(9-18(17)27-2)15-11-28-20-19(15)21(25)24(12-23-20)10-14-5-3-4-6-16(14)22/h3-9,11-12H,10H2,1-2H3. The molecular weight excluding hydrogens is 396 g/mol. The van der Waals surface area contributed by atoms with Gasteiger partial charge >= 0.3 is 0 Å². The number of hydrogen-bond donors (Lipinski definition) is 0. The molecule has 0 unspecified atom stereocenters. The zero-order valence-corrected chi connectivity index (χ0v) is 16.9. The molecule has 0 saturated carbocycles. The summed E-state index contributed by atoms with van der Waals surface area (Å²) in [5, 5.41) is 3.16. The quantitative estimate of drug-likeness (QED) is 0.470. The van der Waals surface area contributed by atoms with Crippen LogP contribution in [0.4, 0.5) is 0 Å². The lowest BCUT2D eigenvalue weighted by Crippen LogP contribution is -2.21. The van der Waals surface area contributed by atoms with Gasteiger partial charge in [-0.25, -0.2) is 4.98 Å². The molecule has 0 radical (unpaired) electrons. The minimum Gasteiger partial charge on any atom is -0.493 e. The molecule has 0 bridgehead atoms. The van der Waals surface area contributed by atoms with E-state index in [4.69, 9.17) is 21.1 Å². The fourth-order valence-electron chi connectivity index (χ4n) is 3.11. The van der Waals surface area contributed by atoms with Crippen LogP contribution in [-0.2, 0) is 6.54 Å². The molecule has 0 aliphatic heterocycles. The molecule has 2 aromatic heterocycles. The molecule has 4 rings (SSSR count). The summed E-state index contributed by atoms with van der Waals surface area (Å²) in [6.45, 7) is 0.364. The summed E-state index contributed by atoms with van der Waals surface area (Å²) in [7, 11) is 3.18. The predicted octanol–water partition coefficient (Wildman–Crippen LogP) is 4.84. The van der Waals surface area contributed by atoms with Gasteiger partial charge in [-0.2, -0.15) is 0 Å². The minimum absolute atomic E-state index is 0.101. The molecule has 2 aromatic carbocycles. The van der Waals surface area contributed by atoms with Crippen LogP contribution in [0.5, 0.6) is 11.5 Å². The number of thiophene rings is 1. The van der Waals surface area contributed by atoms with Crippen molar-refractivity contribution < 1.29 is 9.47 Å². The number of aromatic nitrogens is 2. The maximum Gasteiger partial charge on any atom is 0.263 e. The molecule has 0 amide bonds. The van der Waals surface area contributed by atoms with Gasteiger partial charge < -0.3 is 9.47 Å². The van der Waals surface area contributed by atoms with Crippen LogP contribution in [-0.4, -0.2) is 23.8 Å². The summed E-state index contributed by atoms with van der Waals surface area (Å²) in [5.41, 5.74) is 2.47. The van der Waals surface area contributed by atoms with E-state index in [-0.39, 0.29) is 5.56 Å². The maximum absolute atomic E-state index is 13.2. The summed E-state index contributed by atoms with van der Waals surface area (Å²) < 4.78 is 12.3. The van der Waals surface area contributed by atoms with Crippen molar-refractivity contribution in [3.63, 3.8) is 0 Å². The predicted molar refractivity (Wildman–Crippen MR) is 113 cm³/mol. The van der Waals surface area contributed by atoms with Gasteiger partial charge in [-0.15, -0.1) is 11.3 Å². The molecule has 142 valence electrons. The van der Waals surface area contributed by atoms with Crippen LogP contribution in [0.25, 0.3) is 21.3 Å². The van der Waals surface area contributed by atoms with Crippen molar-refractivity contribution in [1.82, 2.24) is 9.55 Å². The van der Waals surface area contributed by atoms with Gasteiger partial charge in [-0.1, -0.05) is 35.9 Å². The second-order valence-corrected chi connectivity index (χ2v) is 7.43. The van der Waals surface area contributed by atoms with Crippen molar-refractivity contribution >= 4 is 33.2 Å². The first-order valence-electron chi connectivity index (χ1n) is 8.55. The van der Waals surface area contributed by atoms with E-state index in [2.05, 4.69) is 4.98 Å². The smallest absolute Gasteiger partial charge is 0.263 e. The molecule has 0 atom stereocenters. The van der Waals surface area contributed by atoms with Gasteiger partial charge in [0.2, 0.25) is 0 Å². The highest BCUT2D eigenvalue weighted by Crippen LogP contribution is 2.36. The average molecular weight is 413 g/mol. The third-order valence-corrected chi connectivity index (χ3v) is 5.81. The average Bonchev–Trinajstić information content (AvgIpc) is 3.16. The van der Waals surface area contributed by atoms with Crippen LogP contribution < -0.4 is 15.0 Å². The number of rotatable bonds is 5. The Morgan fingerprint density at radius 1 is 1.11 bits per heavy atom. The normalized spacial score (nSPS) is 11.0. The Morgan fingerprint density at radius 2 is 1.89 bits per heavy atom. The van der Waals surface area contributed by atoms with Gasteiger partial charge in [-0.05, 0) is 29.3 Å². The highest BCUT2D eigenvalue weighted by molar-refractivity contribution is 7.17. The van der Waals surface area contributed by atoms with E-state index in [0.29, 0.717) is 33.3 Å². The van der Waals surface area contributed by atoms with E-state index >= 15 is 0 Å². The third-order valence-electron chi connectivity index (χ3n) is 4.55. The first-order valence-corrected chi connectivity index (χ1v) is 9.80. The first-order chi connectivity index (χ1) is 13.6. The number of benzene rings is 2. The van der Waals surface area contributed by atoms with Crippen molar-refractivity contribution in [3.8, 4) is 22.6 Å². The van der Waals surface area contributed by atoms with E-state index in [1.54, 1.807) is 25.1 Å². The fourth-order valence-corrected chi connectivity index (χ4v) is 4.21. The molecular formula is C21H17ClN2O3S. The largest absolute Gasteiger partial charge is 0.493 e. The Morgan fingerprint density at radius 3 is 2.64 bits per heavy atom. The summed E-state index contributed by atoms with van der Waals surface area (Å²) >= 11 is 7.70.